The highest BCUT2D eigenvalue weighted by Crippen LogP contribution is 2.30. The molecule has 1 heteroatoms. The summed E-state index contributed by atoms with van der Waals surface area (Å²) in [5.41, 5.74) is 4.40. The van der Waals surface area contributed by atoms with E-state index in [-0.39, 0.29) is 5.41 Å². The van der Waals surface area contributed by atoms with Gasteiger partial charge < -0.3 is 0 Å². The lowest BCUT2D eigenvalue weighted by Crippen LogP contribution is -2.13. The van der Waals surface area contributed by atoms with Gasteiger partial charge in [0, 0.05) is 5.88 Å². The summed E-state index contributed by atoms with van der Waals surface area (Å²) < 4.78 is 0. The number of hydrogen-bond acceptors (Lipinski definition) is 0. The molecule has 0 spiro atoms. The van der Waals surface area contributed by atoms with Gasteiger partial charge in [0.05, 0.1) is 0 Å². The van der Waals surface area contributed by atoms with Crippen LogP contribution in [0, 0.1) is 6.92 Å². The number of hydrogen-bond donors (Lipinski definition) is 0. The molecule has 0 radical (unpaired) electrons. The van der Waals surface area contributed by atoms with Crippen LogP contribution in [0.4, 0.5) is 0 Å². The van der Waals surface area contributed by atoms with Gasteiger partial charge in [-0.2, -0.15) is 0 Å². The summed E-state index contributed by atoms with van der Waals surface area (Å²) >= 11 is 6.04. The Hall–Kier alpha value is -0.490. The minimum absolute atomic E-state index is 0.215. The van der Waals surface area contributed by atoms with E-state index in [4.69, 9.17) is 11.6 Å². The number of alkyl halides is 1. The molecule has 0 fully saturated rings. The van der Waals surface area contributed by atoms with Crippen LogP contribution in [0.15, 0.2) is 18.2 Å². The predicted molar refractivity (Wildman–Crippen MR) is 73.6 cm³/mol. The second kappa shape index (κ2) is 5.23. The lowest BCUT2D eigenvalue weighted by atomic mass is 9.83. The van der Waals surface area contributed by atoms with E-state index in [1.165, 1.54) is 16.7 Å². The largest absolute Gasteiger partial charge is 0.126 e. The molecule has 90 valence electrons. The summed E-state index contributed by atoms with van der Waals surface area (Å²) in [5.74, 6) is 1.20. The monoisotopic (exact) mass is 238 g/mol. The highest BCUT2D eigenvalue weighted by atomic mass is 35.5. The molecule has 0 saturated carbocycles. The third kappa shape index (κ3) is 3.01. The lowest BCUT2D eigenvalue weighted by Gasteiger charge is -2.23. The molecular formula is C15H23Cl. The number of rotatable bonds is 3. The minimum Gasteiger partial charge on any atom is -0.126 e. The van der Waals surface area contributed by atoms with Crippen molar-refractivity contribution >= 4 is 11.6 Å². The lowest BCUT2D eigenvalue weighted by molar-refractivity contribution is 0.587. The first-order valence-electron chi connectivity index (χ1n) is 6.07. The first-order valence-corrected chi connectivity index (χ1v) is 6.60. The SMILES string of the molecule is CCC(CCl)c1cc(C(C)(C)C)ccc1C. The summed E-state index contributed by atoms with van der Waals surface area (Å²) in [7, 11) is 0. The fourth-order valence-corrected chi connectivity index (χ4v) is 2.34. The molecule has 0 aliphatic carbocycles. The van der Waals surface area contributed by atoms with E-state index < -0.39 is 0 Å². The Morgan fingerprint density at radius 1 is 1.25 bits per heavy atom. The van der Waals surface area contributed by atoms with Gasteiger partial charge in [-0.05, 0) is 41.4 Å². The smallest absolute Gasteiger partial charge is 0.0292 e. The molecular weight excluding hydrogens is 216 g/mol. The highest BCUT2D eigenvalue weighted by molar-refractivity contribution is 6.18. The number of benzene rings is 1. The number of halogens is 1. The van der Waals surface area contributed by atoms with Gasteiger partial charge in [-0.25, -0.2) is 0 Å². The maximum Gasteiger partial charge on any atom is 0.0292 e. The van der Waals surface area contributed by atoms with Crippen LogP contribution in [0.5, 0.6) is 0 Å². The Kier molecular flexibility index (Phi) is 4.43. The topological polar surface area (TPSA) is 0 Å². The normalized spacial score (nSPS) is 13.9. The van der Waals surface area contributed by atoms with Gasteiger partial charge in [-0.1, -0.05) is 45.9 Å². The van der Waals surface area contributed by atoms with Gasteiger partial charge in [-0.15, -0.1) is 11.6 Å². The first-order chi connectivity index (χ1) is 7.40. The highest BCUT2D eigenvalue weighted by Gasteiger charge is 2.17. The van der Waals surface area contributed by atoms with Crippen molar-refractivity contribution in [3.8, 4) is 0 Å². The van der Waals surface area contributed by atoms with Crippen LogP contribution in [0.2, 0.25) is 0 Å². The number of aryl methyl sites for hydroxylation is 1. The van der Waals surface area contributed by atoms with Crippen LogP contribution < -0.4 is 0 Å². The maximum atomic E-state index is 6.04. The Bertz CT molecular complexity index is 343. The van der Waals surface area contributed by atoms with Crippen LogP contribution in [-0.2, 0) is 5.41 Å². The van der Waals surface area contributed by atoms with Gasteiger partial charge in [0.15, 0.2) is 0 Å². The molecule has 0 aliphatic heterocycles. The van der Waals surface area contributed by atoms with Crippen LogP contribution in [-0.4, -0.2) is 5.88 Å². The molecule has 0 aromatic heterocycles. The molecule has 0 saturated heterocycles. The molecule has 1 aromatic carbocycles. The molecule has 0 nitrogen and oxygen atoms in total. The summed E-state index contributed by atoms with van der Waals surface area (Å²) in [4.78, 5) is 0. The first kappa shape index (κ1) is 13.6. The van der Waals surface area contributed by atoms with Crippen LogP contribution >= 0.6 is 11.6 Å². The van der Waals surface area contributed by atoms with Gasteiger partial charge in [-0.3, -0.25) is 0 Å². The third-order valence-electron chi connectivity index (χ3n) is 3.26. The van der Waals surface area contributed by atoms with Crippen molar-refractivity contribution in [2.24, 2.45) is 0 Å². The second-order valence-corrected chi connectivity index (χ2v) is 5.89. The summed E-state index contributed by atoms with van der Waals surface area (Å²) in [6.45, 7) is 11.1. The third-order valence-corrected chi connectivity index (χ3v) is 3.64. The fourth-order valence-electron chi connectivity index (χ4n) is 1.96. The van der Waals surface area contributed by atoms with Gasteiger partial charge in [0.2, 0.25) is 0 Å². The second-order valence-electron chi connectivity index (χ2n) is 5.58. The summed E-state index contributed by atoms with van der Waals surface area (Å²) in [6.07, 6.45) is 1.11. The van der Waals surface area contributed by atoms with Crippen molar-refractivity contribution in [2.75, 3.05) is 5.88 Å². The zero-order valence-electron chi connectivity index (χ0n) is 11.1. The quantitative estimate of drug-likeness (QED) is 0.649. The van der Waals surface area contributed by atoms with Gasteiger partial charge in [0.1, 0.15) is 0 Å². The van der Waals surface area contributed by atoms with Crippen molar-refractivity contribution in [1.29, 1.82) is 0 Å². The van der Waals surface area contributed by atoms with Crippen LogP contribution in [0.1, 0.15) is 56.7 Å². The molecule has 0 amide bonds. The van der Waals surface area contributed by atoms with Crippen molar-refractivity contribution in [1.82, 2.24) is 0 Å². The molecule has 1 atom stereocenters. The Labute approximate surface area is 105 Å². The zero-order valence-corrected chi connectivity index (χ0v) is 11.9. The summed E-state index contributed by atoms with van der Waals surface area (Å²) in [5, 5.41) is 0. The minimum atomic E-state index is 0.215. The molecule has 0 bridgehead atoms. The molecule has 1 aromatic rings. The average Bonchev–Trinajstić information content (AvgIpc) is 2.20. The van der Waals surface area contributed by atoms with Gasteiger partial charge in [0.25, 0.3) is 0 Å². The molecule has 16 heavy (non-hydrogen) atoms. The average molecular weight is 239 g/mol. The van der Waals surface area contributed by atoms with E-state index in [1.54, 1.807) is 0 Å². The van der Waals surface area contributed by atoms with Crippen molar-refractivity contribution in [3.05, 3.63) is 34.9 Å². The van der Waals surface area contributed by atoms with E-state index in [0.29, 0.717) is 11.8 Å². The Morgan fingerprint density at radius 2 is 1.88 bits per heavy atom. The molecule has 1 rings (SSSR count). The van der Waals surface area contributed by atoms with E-state index in [0.717, 1.165) is 6.42 Å². The molecule has 1 unspecified atom stereocenters. The predicted octanol–water partition coefficient (Wildman–Crippen LogP) is 5.02. The Morgan fingerprint density at radius 3 is 2.31 bits per heavy atom. The zero-order chi connectivity index (χ0) is 12.3. The fraction of sp³-hybridized carbons (Fsp3) is 0.600. The van der Waals surface area contributed by atoms with E-state index in [2.05, 4.69) is 52.8 Å². The van der Waals surface area contributed by atoms with E-state index >= 15 is 0 Å². The maximum absolute atomic E-state index is 6.04. The van der Waals surface area contributed by atoms with Crippen LogP contribution in [0.25, 0.3) is 0 Å². The van der Waals surface area contributed by atoms with Crippen molar-refractivity contribution in [2.45, 2.75) is 52.4 Å². The van der Waals surface area contributed by atoms with Crippen LogP contribution in [0.3, 0.4) is 0 Å². The standard InChI is InChI=1S/C15H23Cl/c1-6-12(10-16)14-9-13(15(3,4)5)8-7-11(14)2/h7-9,12H,6,10H2,1-5H3. The molecule has 0 N–H and O–H groups in total. The molecule has 0 aliphatic rings. The van der Waals surface area contributed by atoms with Crippen molar-refractivity contribution in [3.63, 3.8) is 0 Å². The Balaban J connectivity index is 3.18. The van der Waals surface area contributed by atoms with Crippen molar-refractivity contribution < 1.29 is 0 Å². The van der Waals surface area contributed by atoms with Gasteiger partial charge >= 0.3 is 0 Å². The van der Waals surface area contributed by atoms with E-state index in [9.17, 15) is 0 Å². The van der Waals surface area contributed by atoms with E-state index in [1.807, 2.05) is 0 Å². The summed E-state index contributed by atoms with van der Waals surface area (Å²) in [6, 6.07) is 6.80. The molecule has 0 heterocycles.